The van der Waals surface area contributed by atoms with Crippen molar-refractivity contribution < 1.29 is 5.11 Å². The standard InChI is InChI=1S/C12H9NO.C9H8N2/c14-11-7-3-5-9-8-4-1-2-6-10(8)13-12(9)11;10-8-5-1-3-7-4-2-6-11-9(7)8/h1-7,13-14H;1-6H,10H2. The number of pyridine rings is 1. The van der Waals surface area contributed by atoms with E-state index in [2.05, 4.69) is 9.97 Å². The lowest BCUT2D eigenvalue weighted by molar-refractivity contribution is 0.480. The van der Waals surface area contributed by atoms with Crippen molar-refractivity contribution in [3.05, 3.63) is 79.0 Å². The fourth-order valence-corrected chi connectivity index (χ4v) is 2.99. The number of aromatic amines is 1. The highest BCUT2D eigenvalue weighted by molar-refractivity contribution is 6.08. The Balaban J connectivity index is 0.000000129. The van der Waals surface area contributed by atoms with Gasteiger partial charge in [-0.2, -0.15) is 0 Å². The Kier molecular flexibility index (Phi) is 3.71. The van der Waals surface area contributed by atoms with E-state index in [1.165, 1.54) is 0 Å². The van der Waals surface area contributed by atoms with Crippen LogP contribution in [-0.2, 0) is 0 Å². The largest absolute Gasteiger partial charge is 0.506 e. The summed E-state index contributed by atoms with van der Waals surface area (Å²) in [5.74, 6) is 0.304. The highest BCUT2D eigenvalue weighted by Crippen LogP contribution is 2.30. The monoisotopic (exact) mass is 327 g/mol. The summed E-state index contributed by atoms with van der Waals surface area (Å²) in [6, 6.07) is 23.3. The number of hydrogen-bond acceptors (Lipinski definition) is 3. The van der Waals surface area contributed by atoms with Crippen LogP contribution in [0.5, 0.6) is 5.75 Å². The summed E-state index contributed by atoms with van der Waals surface area (Å²) in [5, 5.41) is 13.0. The van der Waals surface area contributed by atoms with E-state index in [4.69, 9.17) is 5.73 Å². The highest BCUT2D eigenvalue weighted by Gasteiger charge is 2.05. The number of para-hydroxylation sites is 3. The van der Waals surface area contributed by atoms with Gasteiger partial charge in [0.05, 0.1) is 16.7 Å². The van der Waals surface area contributed by atoms with Gasteiger partial charge in [0.25, 0.3) is 0 Å². The molecule has 3 aromatic carbocycles. The molecule has 4 heteroatoms. The highest BCUT2D eigenvalue weighted by atomic mass is 16.3. The van der Waals surface area contributed by atoms with E-state index in [0.29, 0.717) is 5.75 Å². The predicted octanol–water partition coefficient (Wildman–Crippen LogP) is 4.84. The molecule has 0 saturated heterocycles. The first-order valence-corrected chi connectivity index (χ1v) is 8.01. The topological polar surface area (TPSA) is 74.9 Å². The van der Waals surface area contributed by atoms with E-state index in [9.17, 15) is 5.11 Å². The Morgan fingerprint density at radius 2 is 1.56 bits per heavy atom. The lowest BCUT2D eigenvalue weighted by Crippen LogP contribution is -1.87. The second kappa shape index (κ2) is 6.17. The van der Waals surface area contributed by atoms with E-state index in [1.807, 2.05) is 66.7 Å². The summed E-state index contributed by atoms with van der Waals surface area (Å²) < 4.78 is 0. The maximum Gasteiger partial charge on any atom is 0.139 e. The molecule has 0 unspecified atom stereocenters. The van der Waals surface area contributed by atoms with Gasteiger partial charge in [-0.05, 0) is 24.3 Å². The van der Waals surface area contributed by atoms with Gasteiger partial charge in [-0.25, -0.2) is 0 Å². The van der Waals surface area contributed by atoms with Crippen LogP contribution in [0.4, 0.5) is 5.69 Å². The molecule has 0 aliphatic heterocycles. The van der Waals surface area contributed by atoms with Crippen LogP contribution in [0.25, 0.3) is 32.7 Å². The van der Waals surface area contributed by atoms with Gasteiger partial charge in [0, 0.05) is 27.9 Å². The minimum absolute atomic E-state index is 0.304. The van der Waals surface area contributed by atoms with Gasteiger partial charge in [-0.15, -0.1) is 0 Å². The van der Waals surface area contributed by atoms with Crippen LogP contribution in [0.3, 0.4) is 0 Å². The number of hydrogen-bond donors (Lipinski definition) is 3. The predicted molar refractivity (Wildman–Crippen MR) is 104 cm³/mol. The molecule has 0 saturated carbocycles. The van der Waals surface area contributed by atoms with Crippen molar-refractivity contribution >= 4 is 38.4 Å². The van der Waals surface area contributed by atoms with Crippen molar-refractivity contribution in [2.24, 2.45) is 0 Å². The first-order chi connectivity index (χ1) is 12.2. The fraction of sp³-hybridized carbons (Fsp3) is 0. The molecule has 4 N–H and O–H groups in total. The third-order valence-corrected chi connectivity index (χ3v) is 4.18. The molecule has 0 radical (unpaired) electrons. The molecule has 0 atom stereocenters. The zero-order chi connectivity index (χ0) is 17.2. The van der Waals surface area contributed by atoms with Crippen molar-refractivity contribution in [2.45, 2.75) is 0 Å². The van der Waals surface area contributed by atoms with E-state index in [0.717, 1.165) is 38.4 Å². The Morgan fingerprint density at radius 3 is 2.44 bits per heavy atom. The number of rotatable bonds is 0. The van der Waals surface area contributed by atoms with Gasteiger partial charge in [-0.1, -0.05) is 48.5 Å². The molecule has 5 aromatic rings. The second-order valence-electron chi connectivity index (χ2n) is 5.79. The average molecular weight is 327 g/mol. The molecule has 0 aliphatic rings. The van der Waals surface area contributed by atoms with Crippen molar-refractivity contribution in [3.8, 4) is 5.75 Å². The zero-order valence-corrected chi connectivity index (χ0v) is 13.5. The van der Waals surface area contributed by atoms with Crippen LogP contribution in [-0.4, -0.2) is 15.1 Å². The summed E-state index contributed by atoms with van der Waals surface area (Å²) in [6.45, 7) is 0. The molecule has 0 bridgehead atoms. The maximum absolute atomic E-state index is 9.64. The molecule has 0 amide bonds. The maximum atomic E-state index is 9.64. The first-order valence-electron chi connectivity index (χ1n) is 8.01. The van der Waals surface area contributed by atoms with Crippen LogP contribution < -0.4 is 5.73 Å². The number of phenols is 1. The fourth-order valence-electron chi connectivity index (χ4n) is 2.99. The summed E-state index contributed by atoms with van der Waals surface area (Å²) in [7, 11) is 0. The van der Waals surface area contributed by atoms with Gasteiger partial charge < -0.3 is 15.8 Å². The van der Waals surface area contributed by atoms with Crippen molar-refractivity contribution in [1.29, 1.82) is 0 Å². The molecule has 2 aromatic heterocycles. The number of nitrogens with zero attached hydrogens (tertiary/aromatic N) is 1. The quantitative estimate of drug-likeness (QED) is 0.356. The Hall–Kier alpha value is -3.53. The number of anilines is 1. The molecule has 4 nitrogen and oxygen atoms in total. The van der Waals surface area contributed by atoms with Crippen LogP contribution in [0.2, 0.25) is 0 Å². The van der Waals surface area contributed by atoms with Crippen molar-refractivity contribution in [3.63, 3.8) is 0 Å². The van der Waals surface area contributed by atoms with Gasteiger partial charge in [-0.3, -0.25) is 4.98 Å². The average Bonchev–Trinajstić information content (AvgIpc) is 3.03. The third kappa shape index (κ3) is 2.74. The Labute approximate surface area is 144 Å². The SMILES string of the molecule is Nc1cccc2cccnc12.Oc1cccc2c1[nH]c1ccccc12. The molecule has 5 rings (SSSR count). The molecule has 2 heterocycles. The van der Waals surface area contributed by atoms with Crippen LogP contribution in [0.15, 0.2) is 79.0 Å². The van der Waals surface area contributed by atoms with E-state index in [1.54, 1.807) is 12.3 Å². The number of aromatic nitrogens is 2. The number of nitrogens with two attached hydrogens (primary N) is 1. The number of phenolic OH excluding ortho intramolecular Hbond substituents is 1. The normalized spacial score (nSPS) is 10.7. The lowest BCUT2D eigenvalue weighted by atomic mass is 10.1. The summed E-state index contributed by atoms with van der Waals surface area (Å²) in [4.78, 5) is 7.35. The number of H-pyrrole nitrogens is 1. The second-order valence-corrected chi connectivity index (χ2v) is 5.79. The molecule has 0 spiro atoms. The molecule has 0 aliphatic carbocycles. The van der Waals surface area contributed by atoms with Crippen LogP contribution >= 0.6 is 0 Å². The minimum atomic E-state index is 0.304. The first kappa shape index (κ1) is 15.0. The van der Waals surface area contributed by atoms with Crippen LogP contribution in [0.1, 0.15) is 0 Å². The van der Waals surface area contributed by atoms with Crippen molar-refractivity contribution in [2.75, 3.05) is 5.73 Å². The number of benzene rings is 3. The summed E-state index contributed by atoms with van der Waals surface area (Å²) in [5.41, 5.74) is 9.19. The third-order valence-electron chi connectivity index (χ3n) is 4.18. The minimum Gasteiger partial charge on any atom is -0.506 e. The Morgan fingerprint density at radius 1 is 0.800 bits per heavy atom. The van der Waals surface area contributed by atoms with Gasteiger partial charge in [0.15, 0.2) is 0 Å². The number of aromatic hydroxyl groups is 1. The van der Waals surface area contributed by atoms with E-state index in [-0.39, 0.29) is 0 Å². The molecular formula is C21H17N3O. The Bertz CT molecular complexity index is 1170. The summed E-state index contributed by atoms with van der Waals surface area (Å²) in [6.07, 6.45) is 1.75. The molecule has 122 valence electrons. The van der Waals surface area contributed by atoms with Gasteiger partial charge in [0.2, 0.25) is 0 Å². The molecule has 25 heavy (non-hydrogen) atoms. The zero-order valence-electron chi connectivity index (χ0n) is 13.5. The van der Waals surface area contributed by atoms with Crippen LogP contribution in [0, 0.1) is 0 Å². The van der Waals surface area contributed by atoms with Crippen molar-refractivity contribution in [1.82, 2.24) is 9.97 Å². The van der Waals surface area contributed by atoms with E-state index < -0.39 is 0 Å². The lowest BCUT2D eigenvalue weighted by Gasteiger charge is -1.97. The molecular weight excluding hydrogens is 310 g/mol. The number of nitrogen functional groups attached to an aromatic ring is 1. The number of nitrogens with one attached hydrogen (secondary N) is 1. The molecule has 0 fully saturated rings. The summed E-state index contributed by atoms with van der Waals surface area (Å²) >= 11 is 0. The smallest absolute Gasteiger partial charge is 0.139 e. The van der Waals surface area contributed by atoms with Gasteiger partial charge >= 0.3 is 0 Å². The van der Waals surface area contributed by atoms with E-state index >= 15 is 0 Å². The van der Waals surface area contributed by atoms with Gasteiger partial charge in [0.1, 0.15) is 5.75 Å². The number of fused-ring (bicyclic) bond motifs is 4.